The molecule has 0 saturated carbocycles. The summed E-state index contributed by atoms with van der Waals surface area (Å²) in [6.07, 6.45) is 1.71. The Balaban J connectivity index is 2.65. The second-order valence-electron chi connectivity index (χ2n) is 2.60. The molecule has 1 aromatic rings. The molecule has 1 unspecified atom stereocenters. The summed E-state index contributed by atoms with van der Waals surface area (Å²) in [4.78, 5) is 4.16. The molecule has 0 aliphatic carbocycles. The molecule has 1 heterocycles. The zero-order chi connectivity index (χ0) is 10.6. The first kappa shape index (κ1) is 11.3. The molecule has 14 heavy (non-hydrogen) atoms. The zero-order valence-corrected chi connectivity index (χ0v) is 9.92. The monoisotopic (exact) mass is 275 g/mol. The van der Waals surface area contributed by atoms with Gasteiger partial charge in [0.15, 0.2) is 5.84 Å². The Hall–Kier alpha value is -0.750. The standard InChI is InChI=1S/C8H10BrN3OS/c1-5(8(10)12-13)14-7-3-2-6(9)4-11-7/h2-5,13H,1H3,(H2,10,12). The van der Waals surface area contributed by atoms with Crippen molar-refractivity contribution in [3.05, 3.63) is 22.8 Å². The van der Waals surface area contributed by atoms with Gasteiger partial charge in [0.25, 0.3) is 0 Å². The number of nitrogens with two attached hydrogens (primary N) is 1. The fourth-order valence-corrected chi connectivity index (χ4v) is 1.78. The van der Waals surface area contributed by atoms with Gasteiger partial charge in [0.1, 0.15) is 0 Å². The molecule has 0 saturated heterocycles. The third kappa shape index (κ3) is 3.19. The van der Waals surface area contributed by atoms with Gasteiger partial charge in [0, 0.05) is 10.7 Å². The van der Waals surface area contributed by atoms with Crippen LogP contribution < -0.4 is 5.73 Å². The lowest BCUT2D eigenvalue weighted by Crippen LogP contribution is -2.23. The Bertz CT molecular complexity index is 328. The van der Waals surface area contributed by atoms with Crippen molar-refractivity contribution < 1.29 is 5.21 Å². The van der Waals surface area contributed by atoms with Crippen molar-refractivity contribution in [3.63, 3.8) is 0 Å². The second-order valence-corrected chi connectivity index (χ2v) is 4.88. The first-order valence-electron chi connectivity index (χ1n) is 3.89. The minimum Gasteiger partial charge on any atom is -0.409 e. The Morgan fingerprint density at radius 3 is 2.93 bits per heavy atom. The van der Waals surface area contributed by atoms with Gasteiger partial charge in [0.05, 0.1) is 10.3 Å². The van der Waals surface area contributed by atoms with E-state index in [4.69, 9.17) is 10.9 Å². The molecule has 0 aromatic carbocycles. The molecule has 1 aromatic heterocycles. The highest BCUT2D eigenvalue weighted by atomic mass is 79.9. The van der Waals surface area contributed by atoms with Gasteiger partial charge in [0.2, 0.25) is 0 Å². The molecule has 0 amide bonds. The summed E-state index contributed by atoms with van der Waals surface area (Å²) in [5.74, 6) is 0.194. The van der Waals surface area contributed by atoms with Gasteiger partial charge < -0.3 is 10.9 Å². The van der Waals surface area contributed by atoms with E-state index in [0.29, 0.717) is 0 Å². The number of thioether (sulfide) groups is 1. The third-order valence-electron chi connectivity index (χ3n) is 1.53. The summed E-state index contributed by atoms with van der Waals surface area (Å²) >= 11 is 4.73. The maximum Gasteiger partial charge on any atom is 0.152 e. The number of oxime groups is 1. The van der Waals surface area contributed by atoms with E-state index in [0.717, 1.165) is 9.50 Å². The highest BCUT2D eigenvalue weighted by molar-refractivity contribution is 9.10. The Labute approximate surface area is 94.7 Å². The summed E-state index contributed by atoms with van der Waals surface area (Å²) in [5, 5.41) is 12.1. The summed E-state index contributed by atoms with van der Waals surface area (Å²) < 4.78 is 0.929. The van der Waals surface area contributed by atoms with Crippen LogP contribution in [0.15, 0.2) is 33.0 Å². The van der Waals surface area contributed by atoms with Crippen molar-refractivity contribution >= 4 is 33.5 Å². The quantitative estimate of drug-likeness (QED) is 0.291. The van der Waals surface area contributed by atoms with E-state index in [1.807, 2.05) is 19.1 Å². The van der Waals surface area contributed by atoms with Crippen LogP contribution in [0.25, 0.3) is 0 Å². The first-order chi connectivity index (χ1) is 6.63. The lowest BCUT2D eigenvalue weighted by molar-refractivity contribution is 0.317. The number of hydrogen-bond acceptors (Lipinski definition) is 4. The molecule has 0 fully saturated rings. The van der Waals surface area contributed by atoms with Gasteiger partial charge in [-0.25, -0.2) is 4.98 Å². The molecule has 0 aliphatic heterocycles. The van der Waals surface area contributed by atoms with Gasteiger partial charge in [-0.3, -0.25) is 0 Å². The smallest absolute Gasteiger partial charge is 0.152 e. The van der Waals surface area contributed by atoms with Gasteiger partial charge in [-0.15, -0.1) is 0 Å². The minimum atomic E-state index is -0.0892. The third-order valence-corrected chi connectivity index (χ3v) is 3.08. The van der Waals surface area contributed by atoms with Crippen LogP contribution >= 0.6 is 27.7 Å². The lowest BCUT2D eigenvalue weighted by atomic mass is 10.4. The number of nitrogens with zero attached hydrogens (tertiary/aromatic N) is 2. The molecule has 0 spiro atoms. The topological polar surface area (TPSA) is 71.5 Å². The molecule has 0 aliphatic rings. The second kappa shape index (κ2) is 5.21. The number of pyridine rings is 1. The number of rotatable bonds is 3. The molecular weight excluding hydrogens is 266 g/mol. The molecule has 0 radical (unpaired) electrons. The normalized spacial score (nSPS) is 14.0. The van der Waals surface area contributed by atoms with Crippen molar-refractivity contribution in [2.45, 2.75) is 17.2 Å². The minimum absolute atomic E-state index is 0.0892. The molecule has 4 nitrogen and oxygen atoms in total. The van der Waals surface area contributed by atoms with Crippen LogP contribution in [-0.4, -0.2) is 21.3 Å². The summed E-state index contributed by atoms with van der Waals surface area (Å²) in [6, 6.07) is 3.77. The van der Waals surface area contributed by atoms with E-state index in [-0.39, 0.29) is 11.1 Å². The van der Waals surface area contributed by atoms with Crippen LogP contribution in [0.5, 0.6) is 0 Å². The number of halogens is 1. The SMILES string of the molecule is CC(Sc1ccc(Br)cn1)C(N)=NO. The van der Waals surface area contributed by atoms with Crippen molar-refractivity contribution in [2.24, 2.45) is 10.9 Å². The maximum absolute atomic E-state index is 8.45. The fourth-order valence-electron chi connectivity index (χ4n) is 0.755. The Morgan fingerprint density at radius 1 is 1.71 bits per heavy atom. The molecule has 0 bridgehead atoms. The maximum atomic E-state index is 8.45. The van der Waals surface area contributed by atoms with Gasteiger partial charge in [-0.2, -0.15) is 0 Å². The van der Waals surface area contributed by atoms with E-state index in [1.165, 1.54) is 11.8 Å². The summed E-state index contributed by atoms with van der Waals surface area (Å²) in [7, 11) is 0. The Kier molecular flexibility index (Phi) is 4.21. The van der Waals surface area contributed by atoms with E-state index >= 15 is 0 Å². The fraction of sp³-hybridized carbons (Fsp3) is 0.250. The lowest BCUT2D eigenvalue weighted by Gasteiger charge is -2.07. The van der Waals surface area contributed by atoms with Crippen molar-refractivity contribution in [1.82, 2.24) is 4.98 Å². The van der Waals surface area contributed by atoms with E-state index in [9.17, 15) is 0 Å². The zero-order valence-electron chi connectivity index (χ0n) is 7.51. The molecule has 3 N–H and O–H groups in total. The van der Waals surface area contributed by atoms with Crippen molar-refractivity contribution in [2.75, 3.05) is 0 Å². The number of amidine groups is 1. The summed E-state index contributed by atoms with van der Waals surface area (Å²) in [6.45, 7) is 1.85. The average Bonchev–Trinajstić information content (AvgIpc) is 2.20. The van der Waals surface area contributed by atoms with Crippen LogP contribution in [0, 0.1) is 0 Å². The summed E-state index contributed by atoms with van der Waals surface area (Å²) in [5.41, 5.74) is 5.44. The first-order valence-corrected chi connectivity index (χ1v) is 5.56. The van der Waals surface area contributed by atoms with Gasteiger partial charge >= 0.3 is 0 Å². The predicted molar refractivity (Wildman–Crippen MR) is 60.7 cm³/mol. The number of aromatic nitrogens is 1. The van der Waals surface area contributed by atoms with E-state index in [2.05, 4.69) is 26.1 Å². The Morgan fingerprint density at radius 2 is 2.43 bits per heavy atom. The van der Waals surface area contributed by atoms with Gasteiger partial charge in [-0.1, -0.05) is 16.9 Å². The highest BCUT2D eigenvalue weighted by Crippen LogP contribution is 2.22. The molecule has 6 heteroatoms. The molecule has 76 valence electrons. The molecule has 1 atom stereocenters. The van der Waals surface area contributed by atoms with Crippen LogP contribution in [0.4, 0.5) is 0 Å². The number of hydrogen-bond donors (Lipinski definition) is 2. The molecule has 1 rings (SSSR count). The van der Waals surface area contributed by atoms with Crippen LogP contribution in [0.3, 0.4) is 0 Å². The van der Waals surface area contributed by atoms with Crippen LogP contribution in [0.2, 0.25) is 0 Å². The molecular formula is C8H10BrN3OS. The van der Waals surface area contributed by atoms with Gasteiger partial charge in [-0.05, 0) is 35.0 Å². The van der Waals surface area contributed by atoms with Crippen LogP contribution in [-0.2, 0) is 0 Å². The highest BCUT2D eigenvalue weighted by Gasteiger charge is 2.09. The van der Waals surface area contributed by atoms with Crippen LogP contribution in [0.1, 0.15) is 6.92 Å². The largest absolute Gasteiger partial charge is 0.409 e. The predicted octanol–water partition coefficient (Wildman–Crippen LogP) is 2.07. The van der Waals surface area contributed by atoms with E-state index < -0.39 is 0 Å². The van der Waals surface area contributed by atoms with Crippen molar-refractivity contribution in [1.29, 1.82) is 0 Å². The van der Waals surface area contributed by atoms with Crippen molar-refractivity contribution in [3.8, 4) is 0 Å². The van der Waals surface area contributed by atoms with E-state index in [1.54, 1.807) is 6.20 Å². The average molecular weight is 276 g/mol.